The van der Waals surface area contributed by atoms with Crippen LogP contribution in [0.1, 0.15) is 15.9 Å². The maximum absolute atomic E-state index is 12.1. The lowest BCUT2D eigenvalue weighted by atomic mass is 10.2. The molecule has 1 amide bonds. The Balaban J connectivity index is 2.23. The molecule has 0 aliphatic rings. The summed E-state index contributed by atoms with van der Waals surface area (Å²) in [6.45, 7) is 0. The highest BCUT2D eigenvalue weighted by molar-refractivity contribution is 6.44. The maximum atomic E-state index is 12.1. The number of hydrogen-bond donors (Lipinski definition) is 2. The summed E-state index contributed by atoms with van der Waals surface area (Å²) < 4.78 is 0. The predicted molar refractivity (Wildman–Crippen MR) is 77.8 cm³/mol. The first-order chi connectivity index (χ1) is 9.49. The summed E-state index contributed by atoms with van der Waals surface area (Å²) in [5.41, 5.74) is 0.561. The van der Waals surface area contributed by atoms with Crippen molar-refractivity contribution in [1.29, 1.82) is 5.41 Å². The van der Waals surface area contributed by atoms with Crippen LogP contribution in [0.5, 0.6) is 0 Å². The SMILES string of the molecule is N=C(NC(=O)c1cc(Cl)nc(Cl)c1Cl)c1ccncc1. The molecule has 0 saturated heterocycles. The number of halogens is 3. The van der Waals surface area contributed by atoms with Crippen molar-refractivity contribution in [2.75, 3.05) is 0 Å². The van der Waals surface area contributed by atoms with Gasteiger partial charge in [-0.25, -0.2) is 4.98 Å². The molecule has 0 unspecified atom stereocenters. The fourth-order valence-corrected chi connectivity index (χ4v) is 2.02. The average Bonchev–Trinajstić information content (AvgIpc) is 2.43. The van der Waals surface area contributed by atoms with Crippen LogP contribution in [0.2, 0.25) is 15.3 Å². The summed E-state index contributed by atoms with van der Waals surface area (Å²) in [7, 11) is 0. The van der Waals surface area contributed by atoms with E-state index in [1.807, 2.05) is 0 Å². The van der Waals surface area contributed by atoms with Gasteiger partial charge in [0, 0.05) is 18.0 Å². The highest BCUT2D eigenvalue weighted by Crippen LogP contribution is 2.26. The van der Waals surface area contributed by atoms with Crippen LogP contribution in [0.3, 0.4) is 0 Å². The third-order valence-electron chi connectivity index (χ3n) is 2.34. The van der Waals surface area contributed by atoms with Crippen LogP contribution in [-0.2, 0) is 0 Å². The van der Waals surface area contributed by atoms with E-state index in [0.29, 0.717) is 5.56 Å². The number of amides is 1. The summed E-state index contributed by atoms with van der Waals surface area (Å²) >= 11 is 17.4. The molecule has 20 heavy (non-hydrogen) atoms. The number of nitrogens with one attached hydrogen (secondary N) is 2. The van der Waals surface area contributed by atoms with Gasteiger partial charge < -0.3 is 5.32 Å². The van der Waals surface area contributed by atoms with Crippen LogP contribution in [0, 0.1) is 5.41 Å². The molecule has 0 spiro atoms. The second-order valence-electron chi connectivity index (χ2n) is 3.66. The van der Waals surface area contributed by atoms with Crippen LogP contribution < -0.4 is 5.32 Å². The quantitative estimate of drug-likeness (QED) is 0.504. The van der Waals surface area contributed by atoms with E-state index < -0.39 is 5.91 Å². The molecule has 2 aromatic heterocycles. The number of amidine groups is 1. The number of nitrogens with zero attached hydrogens (tertiary/aromatic N) is 2. The Bertz CT molecular complexity index is 676. The summed E-state index contributed by atoms with van der Waals surface area (Å²) in [6, 6.07) is 4.47. The summed E-state index contributed by atoms with van der Waals surface area (Å²) in [6.07, 6.45) is 3.03. The summed E-state index contributed by atoms with van der Waals surface area (Å²) in [5.74, 6) is -0.680. The lowest BCUT2D eigenvalue weighted by molar-refractivity contribution is 0.0977. The molecular weight excluding hydrogens is 323 g/mol. The minimum absolute atomic E-state index is 0.0175. The number of hydrogen-bond acceptors (Lipinski definition) is 4. The van der Waals surface area contributed by atoms with E-state index in [-0.39, 0.29) is 26.7 Å². The number of rotatable bonds is 2. The van der Waals surface area contributed by atoms with Gasteiger partial charge in [0.1, 0.15) is 16.1 Å². The molecule has 0 aliphatic carbocycles. The second-order valence-corrected chi connectivity index (χ2v) is 4.79. The third kappa shape index (κ3) is 3.25. The lowest BCUT2D eigenvalue weighted by Crippen LogP contribution is -2.30. The van der Waals surface area contributed by atoms with E-state index in [2.05, 4.69) is 15.3 Å². The van der Waals surface area contributed by atoms with E-state index in [0.717, 1.165) is 0 Å². The molecular formula is C12H7Cl3N4O. The van der Waals surface area contributed by atoms with Gasteiger partial charge >= 0.3 is 0 Å². The summed E-state index contributed by atoms with van der Waals surface area (Å²) in [5, 5.41) is 10.2. The smallest absolute Gasteiger partial charge is 0.258 e. The fourth-order valence-electron chi connectivity index (χ4n) is 1.41. The fraction of sp³-hybridized carbons (Fsp3) is 0. The van der Waals surface area contributed by atoms with Gasteiger partial charge in [-0.3, -0.25) is 15.2 Å². The van der Waals surface area contributed by atoms with Gasteiger partial charge in [0.25, 0.3) is 5.91 Å². The second kappa shape index (κ2) is 6.17. The van der Waals surface area contributed by atoms with Gasteiger partial charge in [0.15, 0.2) is 0 Å². The molecule has 2 aromatic rings. The van der Waals surface area contributed by atoms with Crippen molar-refractivity contribution in [3.05, 3.63) is 57.0 Å². The van der Waals surface area contributed by atoms with Crippen LogP contribution >= 0.6 is 34.8 Å². The average molecular weight is 330 g/mol. The molecule has 102 valence electrons. The molecule has 2 rings (SSSR count). The number of aromatic nitrogens is 2. The van der Waals surface area contributed by atoms with Gasteiger partial charge in [-0.05, 0) is 18.2 Å². The summed E-state index contributed by atoms with van der Waals surface area (Å²) in [4.78, 5) is 19.6. The first-order valence-corrected chi connectivity index (χ1v) is 6.44. The minimum Gasteiger partial charge on any atom is -0.306 e. The molecule has 2 N–H and O–H groups in total. The van der Waals surface area contributed by atoms with Crippen molar-refractivity contribution in [1.82, 2.24) is 15.3 Å². The van der Waals surface area contributed by atoms with Crippen molar-refractivity contribution >= 4 is 46.5 Å². The van der Waals surface area contributed by atoms with Crippen molar-refractivity contribution < 1.29 is 4.79 Å². The van der Waals surface area contributed by atoms with Gasteiger partial charge in [0.05, 0.1) is 10.6 Å². The molecule has 0 aromatic carbocycles. The first kappa shape index (κ1) is 14.7. The minimum atomic E-state index is -0.594. The van der Waals surface area contributed by atoms with Crippen LogP contribution in [-0.4, -0.2) is 21.7 Å². The molecule has 0 radical (unpaired) electrons. The van der Waals surface area contributed by atoms with Crippen molar-refractivity contribution in [3.8, 4) is 0 Å². The molecule has 2 heterocycles. The Morgan fingerprint density at radius 2 is 1.85 bits per heavy atom. The Labute approximate surface area is 129 Å². The number of carbonyl (C=O) groups is 1. The molecule has 0 fully saturated rings. The Kier molecular flexibility index (Phi) is 4.54. The van der Waals surface area contributed by atoms with Gasteiger partial charge in [-0.15, -0.1) is 0 Å². The zero-order valence-electron chi connectivity index (χ0n) is 9.82. The third-order valence-corrected chi connectivity index (χ3v) is 3.28. The normalized spacial score (nSPS) is 10.2. The zero-order chi connectivity index (χ0) is 14.7. The number of pyridine rings is 2. The first-order valence-electron chi connectivity index (χ1n) is 5.31. The van der Waals surface area contributed by atoms with Gasteiger partial charge in [0.2, 0.25) is 0 Å². The lowest BCUT2D eigenvalue weighted by Gasteiger charge is -2.08. The van der Waals surface area contributed by atoms with E-state index in [1.54, 1.807) is 12.1 Å². The highest BCUT2D eigenvalue weighted by atomic mass is 35.5. The van der Waals surface area contributed by atoms with Gasteiger partial charge in [-0.2, -0.15) is 0 Å². The molecule has 0 bridgehead atoms. The van der Waals surface area contributed by atoms with Crippen molar-refractivity contribution in [2.45, 2.75) is 0 Å². The van der Waals surface area contributed by atoms with Crippen molar-refractivity contribution in [3.63, 3.8) is 0 Å². The topological polar surface area (TPSA) is 78.7 Å². The van der Waals surface area contributed by atoms with Crippen molar-refractivity contribution in [2.24, 2.45) is 0 Å². The standard InChI is InChI=1S/C12H7Cl3N4O/c13-8-5-7(9(14)10(15)18-8)12(20)19-11(16)6-1-3-17-4-2-6/h1-5H,(H2,16,19,20). The largest absolute Gasteiger partial charge is 0.306 e. The Morgan fingerprint density at radius 1 is 1.20 bits per heavy atom. The monoisotopic (exact) mass is 328 g/mol. The molecule has 0 saturated carbocycles. The van der Waals surface area contributed by atoms with Gasteiger partial charge in [-0.1, -0.05) is 34.8 Å². The molecule has 0 atom stereocenters. The van der Waals surface area contributed by atoms with E-state index in [9.17, 15) is 4.79 Å². The predicted octanol–water partition coefficient (Wildman–Crippen LogP) is 3.19. The Hall–Kier alpha value is -1.69. The molecule has 8 heteroatoms. The Morgan fingerprint density at radius 3 is 2.50 bits per heavy atom. The molecule has 5 nitrogen and oxygen atoms in total. The van der Waals surface area contributed by atoms with Crippen LogP contribution in [0.25, 0.3) is 0 Å². The van der Waals surface area contributed by atoms with Crippen LogP contribution in [0.4, 0.5) is 0 Å². The van der Waals surface area contributed by atoms with Crippen LogP contribution in [0.15, 0.2) is 30.6 Å². The zero-order valence-corrected chi connectivity index (χ0v) is 12.1. The number of carbonyl (C=O) groups excluding carboxylic acids is 1. The maximum Gasteiger partial charge on any atom is 0.258 e. The van der Waals surface area contributed by atoms with E-state index in [4.69, 9.17) is 40.2 Å². The molecule has 0 aliphatic heterocycles. The van der Waals surface area contributed by atoms with E-state index >= 15 is 0 Å². The van der Waals surface area contributed by atoms with E-state index in [1.165, 1.54) is 18.5 Å². The highest BCUT2D eigenvalue weighted by Gasteiger charge is 2.17.